The van der Waals surface area contributed by atoms with Gasteiger partial charge in [0, 0.05) is 18.0 Å². The molecule has 0 aliphatic carbocycles. The van der Waals surface area contributed by atoms with Crippen molar-refractivity contribution in [1.29, 1.82) is 0 Å². The molecule has 0 saturated carbocycles. The Labute approximate surface area is 149 Å². The van der Waals surface area contributed by atoms with Gasteiger partial charge in [0.1, 0.15) is 5.75 Å². The summed E-state index contributed by atoms with van der Waals surface area (Å²) in [6.07, 6.45) is 0. The number of thiophene rings is 1. The van der Waals surface area contributed by atoms with Crippen molar-refractivity contribution in [3.05, 3.63) is 50.6 Å². The number of ether oxygens (including phenoxy) is 1. The SMILES string of the molecule is COc1cccc(CNC(=O)C(C)N(C)Cc2ccc(Br)s2)c1. The van der Waals surface area contributed by atoms with Crippen LogP contribution in [-0.4, -0.2) is 31.0 Å². The summed E-state index contributed by atoms with van der Waals surface area (Å²) >= 11 is 5.15. The number of amides is 1. The Hall–Kier alpha value is -1.37. The van der Waals surface area contributed by atoms with Gasteiger partial charge in [-0.25, -0.2) is 0 Å². The van der Waals surface area contributed by atoms with Crippen LogP contribution in [0.25, 0.3) is 0 Å². The number of hydrogen-bond acceptors (Lipinski definition) is 4. The molecule has 0 aliphatic heterocycles. The standard InChI is InChI=1S/C17H21BrN2O2S/c1-12(20(2)11-15-7-8-16(18)23-15)17(21)19-10-13-5-4-6-14(9-13)22-3/h4-9,12H,10-11H2,1-3H3,(H,19,21). The molecule has 1 aromatic carbocycles. The Morgan fingerprint density at radius 1 is 1.39 bits per heavy atom. The number of nitrogens with zero attached hydrogens (tertiary/aromatic N) is 1. The van der Waals surface area contributed by atoms with Gasteiger partial charge in [0.05, 0.1) is 16.9 Å². The van der Waals surface area contributed by atoms with Gasteiger partial charge in [-0.3, -0.25) is 9.69 Å². The number of nitrogens with one attached hydrogen (secondary N) is 1. The molecule has 1 N–H and O–H groups in total. The van der Waals surface area contributed by atoms with Crippen molar-refractivity contribution >= 4 is 33.2 Å². The van der Waals surface area contributed by atoms with Crippen molar-refractivity contribution < 1.29 is 9.53 Å². The minimum atomic E-state index is -0.193. The Balaban J connectivity index is 1.86. The summed E-state index contributed by atoms with van der Waals surface area (Å²) in [5, 5.41) is 2.98. The van der Waals surface area contributed by atoms with Crippen molar-refractivity contribution in [3.63, 3.8) is 0 Å². The molecule has 1 atom stereocenters. The smallest absolute Gasteiger partial charge is 0.237 e. The zero-order chi connectivity index (χ0) is 16.8. The van der Waals surface area contributed by atoms with Crippen molar-refractivity contribution in [2.24, 2.45) is 0 Å². The van der Waals surface area contributed by atoms with Gasteiger partial charge in [-0.2, -0.15) is 0 Å². The quantitative estimate of drug-likeness (QED) is 0.776. The molecule has 2 rings (SSSR count). The third kappa shape index (κ3) is 5.34. The third-order valence-corrected chi connectivity index (χ3v) is 5.28. The van der Waals surface area contributed by atoms with E-state index in [1.165, 1.54) is 4.88 Å². The van der Waals surface area contributed by atoms with Crippen LogP contribution in [0.1, 0.15) is 17.4 Å². The van der Waals surface area contributed by atoms with Crippen molar-refractivity contribution in [1.82, 2.24) is 10.2 Å². The van der Waals surface area contributed by atoms with Gasteiger partial charge in [-0.05, 0) is 59.7 Å². The highest BCUT2D eigenvalue weighted by molar-refractivity contribution is 9.11. The molecule has 4 nitrogen and oxygen atoms in total. The molecule has 1 amide bonds. The van der Waals surface area contributed by atoms with Crippen LogP contribution in [0.5, 0.6) is 5.75 Å². The molecule has 23 heavy (non-hydrogen) atoms. The highest BCUT2D eigenvalue weighted by Crippen LogP contribution is 2.23. The van der Waals surface area contributed by atoms with E-state index in [1.54, 1.807) is 18.4 Å². The van der Waals surface area contributed by atoms with Gasteiger partial charge in [0.2, 0.25) is 5.91 Å². The molecule has 1 unspecified atom stereocenters. The topological polar surface area (TPSA) is 41.6 Å². The van der Waals surface area contributed by atoms with E-state index in [4.69, 9.17) is 4.74 Å². The molecular weight excluding hydrogens is 376 g/mol. The number of methoxy groups -OCH3 is 1. The Kier molecular flexibility index (Phi) is 6.62. The second-order valence-corrected chi connectivity index (χ2v) is 7.91. The summed E-state index contributed by atoms with van der Waals surface area (Å²) in [7, 11) is 3.60. The first-order valence-electron chi connectivity index (χ1n) is 7.34. The van der Waals surface area contributed by atoms with E-state index in [1.807, 2.05) is 49.2 Å². The summed E-state index contributed by atoms with van der Waals surface area (Å²) in [6.45, 7) is 3.17. The molecule has 1 heterocycles. The van der Waals surface area contributed by atoms with E-state index < -0.39 is 0 Å². The van der Waals surface area contributed by atoms with Crippen LogP contribution in [0.4, 0.5) is 0 Å². The normalized spacial score (nSPS) is 12.2. The number of hydrogen-bond donors (Lipinski definition) is 1. The predicted octanol–water partition coefficient (Wildman–Crippen LogP) is 3.66. The van der Waals surface area contributed by atoms with E-state index in [2.05, 4.69) is 27.3 Å². The molecular formula is C17H21BrN2O2S. The molecule has 0 bridgehead atoms. The summed E-state index contributed by atoms with van der Waals surface area (Å²) in [5.41, 5.74) is 1.02. The molecule has 0 spiro atoms. The maximum Gasteiger partial charge on any atom is 0.237 e. The first-order chi connectivity index (χ1) is 11.0. The zero-order valence-corrected chi connectivity index (χ0v) is 15.9. The number of halogens is 1. The largest absolute Gasteiger partial charge is 0.497 e. The van der Waals surface area contributed by atoms with Crippen molar-refractivity contribution in [3.8, 4) is 5.75 Å². The number of likely N-dealkylation sites (N-methyl/N-ethyl adjacent to an activating group) is 1. The maximum atomic E-state index is 12.3. The van der Waals surface area contributed by atoms with Gasteiger partial charge in [0.15, 0.2) is 0 Å². The van der Waals surface area contributed by atoms with Gasteiger partial charge in [-0.15, -0.1) is 11.3 Å². The van der Waals surface area contributed by atoms with Gasteiger partial charge in [0.25, 0.3) is 0 Å². The lowest BCUT2D eigenvalue weighted by Gasteiger charge is -2.23. The molecule has 6 heteroatoms. The van der Waals surface area contributed by atoms with Crippen LogP contribution in [0.3, 0.4) is 0 Å². The number of carbonyl (C=O) groups excluding carboxylic acids is 1. The molecule has 1 aromatic heterocycles. The average molecular weight is 397 g/mol. The highest BCUT2D eigenvalue weighted by atomic mass is 79.9. The summed E-state index contributed by atoms with van der Waals surface area (Å²) < 4.78 is 6.30. The predicted molar refractivity (Wildman–Crippen MR) is 97.8 cm³/mol. The fourth-order valence-electron chi connectivity index (χ4n) is 2.14. The molecule has 2 aromatic rings. The second-order valence-electron chi connectivity index (χ2n) is 5.37. The van der Waals surface area contributed by atoms with Crippen LogP contribution in [-0.2, 0) is 17.9 Å². The summed E-state index contributed by atoms with van der Waals surface area (Å²) in [5.74, 6) is 0.816. The van der Waals surface area contributed by atoms with Gasteiger partial charge < -0.3 is 10.1 Å². The fourth-order valence-corrected chi connectivity index (χ4v) is 3.69. The Morgan fingerprint density at radius 3 is 2.83 bits per heavy atom. The lowest BCUT2D eigenvalue weighted by molar-refractivity contribution is -0.125. The lowest BCUT2D eigenvalue weighted by Crippen LogP contribution is -2.42. The first kappa shape index (κ1) is 18.0. The van der Waals surface area contributed by atoms with E-state index in [0.29, 0.717) is 6.54 Å². The van der Waals surface area contributed by atoms with Crippen LogP contribution >= 0.6 is 27.3 Å². The van der Waals surface area contributed by atoms with Gasteiger partial charge in [-0.1, -0.05) is 12.1 Å². The molecule has 124 valence electrons. The Bertz CT molecular complexity index is 660. The van der Waals surface area contributed by atoms with Crippen molar-refractivity contribution in [2.75, 3.05) is 14.2 Å². The zero-order valence-electron chi connectivity index (χ0n) is 13.5. The summed E-state index contributed by atoms with van der Waals surface area (Å²) in [6, 6.07) is 11.6. The minimum absolute atomic E-state index is 0.0194. The lowest BCUT2D eigenvalue weighted by atomic mass is 10.2. The van der Waals surface area contributed by atoms with E-state index in [0.717, 1.165) is 21.6 Å². The van der Waals surface area contributed by atoms with E-state index in [9.17, 15) is 4.79 Å². The second kappa shape index (κ2) is 8.47. The van der Waals surface area contributed by atoms with Gasteiger partial charge >= 0.3 is 0 Å². The summed E-state index contributed by atoms with van der Waals surface area (Å²) in [4.78, 5) is 15.6. The van der Waals surface area contributed by atoms with Crippen LogP contribution in [0.2, 0.25) is 0 Å². The van der Waals surface area contributed by atoms with Crippen LogP contribution in [0.15, 0.2) is 40.2 Å². The molecule has 0 aliphatic rings. The molecule has 0 fully saturated rings. The fraction of sp³-hybridized carbons (Fsp3) is 0.353. The third-order valence-electron chi connectivity index (χ3n) is 3.68. The van der Waals surface area contributed by atoms with E-state index >= 15 is 0 Å². The average Bonchev–Trinajstić information content (AvgIpc) is 2.96. The highest BCUT2D eigenvalue weighted by Gasteiger charge is 2.18. The number of rotatable bonds is 7. The first-order valence-corrected chi connectivity index (χ1v) is 8.95. The van der Waals surface area contributed by atoms with Crippen LogP contribution < -0.4 is 10.1 Å². The van der Waals surface area contributed by atoms with E-state index in [-0.39, 0.29) is 11.9 Å². The molecule has 0 saturated heterocycles. The number of carbonyl (C=O) groups is 1. The Morgan fingerprint density at radius 2 is 2.17 bits per heavy atom. The maximum absolute atomic E-state index is 12.3. The van der Waals surface area contributed by atoms with Crippen molar-refractivity contribution in [2.45, 2.75) is 26.1 Å². The molecule has 0 radical (unpaired) electrons. The van der Waals surface area contributed by atoms with Crippen LogP contribution in [0, 0.1) is 0 Å². The monoisotopic (exact) mass is 396 g/mol. The minimum Gasteiger partial charge on any atom is -0.497 e. The number of benzene rings is 1.